The topological polar surface area (TPSA) is 62.2 Å². The largest absolute Gasteiger partial charge is 0.480 e. The minimum atomic E-state index is -0.893. The summed E-state index contributed by atoms with van der Waals surface area (Å²) in [6.45, 7) is 1.81. The van der Waals surface area contributed by atoms with Crippen LogP contribution >= 0.6 is 22.9 Å². The van der Waals surface area contributed by atoms with Crippen LogP contribution in [0.5, 0.6) is 0 Å². The molecular weight excluding hydrogens is 260 g/mol. The fourth-order valence-electron chi connectivity index (χ4n) is 1.56. The van der Waals surface area contributed by atoms with Crippen molar-refractivity contribution in [1.29, 1.82) is 0 Å². The van der Waals surface area contributed by atoms with Gasteiger partial charge in [0.05, 0.1) is 20.9 Å². The van der Waals surface area contributed by atoms with Crippen LogP contribution in [0.1, 0.15) is 13.3 Å². The van der Waals surface area contributed by atoms with E-state index < -0.39 is 12.0 Å². The zero-order chi connectivity index (χ0) is 12.4. The number of halogens is 1. The zero-order valence-electron chi connectivity index (χ0n) is 9.11. The number of aliphatic carboxylic acids is 1. The molecule has 4 nitrogen and oxygen atoms in total. The molecule has 0 spiro atoms. The number of aromatic nitrogens is 1. The smallest absolute Gasteiger partial charge is 0.326 e. The van der Waals surface area contributed by atoms with Crippen LogP contribution in [0.3, 0.4) is 0 Å². The van der Waals surface area contributed by atoms with E-state index in [0.717, 1.165) is 10.2 Å². The van der Waals surface area contributed by atoms with Gasteiger partial charge in [-0.15, -0.1) is 11.3 Å². The lowest BCUT2D eigenvalue weighted by molar-refractivity contribution is -0.137. The quantitative estimate of drug-likeness (QED) is 0.895. The molecule has 1 unspecified atom stereocenters. The van der Waals surface area contributed by atoms with Crippen LogP contribution in [0.4, 0.5) is 5.69 Å². The summed E-state index contributed by atoms with van der Waals surface area (Å²) in [6.07, 6.45) is 0.478. The molecule has 0 fully saturated rings. The van der Waals surface area contributed by atoms with Gasteiger partial charge >= 0.3 is 5.97 Å². The Hall–Kier alpha value is -1.33. The molecule has 0 saturated heterocycles. The summed E-state index contributed by atoms with van der Waals surface area (Å²) in [5.41, 5.74) is 3.04. The summed E-state index contributed by atoms with van der Waals surface area (Å²) >= 11 is 7.57. The summed E-state index contributed by atoms with van der Waals surface area (Å²) < 4.78 is 0.983. The molecule has 6 heteroatoms. The number of nitrogens with one attached hydrogen (secondary N) is 1. The number of nitrogens with zero attached hydrogens (tertiary/aromatic N) is 1. The summed E-state index contributed by atoms with van der Waals surface area (Å²) in [7, 11) is 0. The number of hydrogen-bond acceptors (Lipinski definition) is 4. The molecule has 2 N–H and O–H groups in total. The van der Waals surface area contributed by atoms with Crippen molar-refractivity contribution in [2.45, 2.75) is 19.4 Å². The lowest BCUT2D eigenvalue weighted by Gasteiger charge is -2.15. The number of carboxylic acids is 1. The molecule has 0 amide bonds. The summed E-state index contributed by atoms with van der Waals surface area (Å²) in [5, 5.41) is 12.5. The van der Waals surface area contributed by atoms with Crippen LogP contribution < -0.4 is 5.32 Å². The Bertz CT molecular complexity index is 555. The van der Waals surface area contributed by atoms with Crippen molar-refractivity contribution in [3.05, 3.63) is 22.7 Å². The Balaban J connectivity index is 2.43. The molecule has 0 aliphatic rings. The number of hydrogen-bond donors (Lipinski definition) is 2. The van der Waals surface area contributed by atoms with Crippen molar-refractivity contribution >= 4 is 44.8 Å². The molecule has 1 heterocycles. The second kappa shape index (κ2) is 4.89. The number of carboxylic acid groups (broad SMARTS) is 1. The van der Waals surface area contributed by atoms with Crippen molar-refractivity contribution in [3.63, 3.8) is 0 Å². The Morgan fingerprint density at radius 2 is 2.41 bits per heavy atom. The molecule has 0 saturated carbocycles. The Morgan fingerprint density at radius 3 is 3.06 bits per heavy atom. The highest BCUT2D eigenvalue weighted by Crippen LogP contribution is 2.32. The minimum Gasteiger partial charge on any atom is -0.480 e. The van der Waals surface area contributed by atoms with Gasteiger partial charge in [-0.05, 0) is 18.6 Å². The van der Waals surface area contributed by atoms with Gasteiger partial charge in [-0.25, -0.2) is 9.78 Å². The molecule has 2 rings (SSSR count). The Morgan fingerprint density at radius 1 is 1.65 bits per heavy atom. The first kappa shape index (κ1) is 12.1. The summed E-state index contributed by atoms with van der Waals surface area (Å²) in [6, 6.07) is 2.97. The van der Waals surface area contributed by atoms with E-state index >= 15 is 0 Å². The maximum atomic E-state index is 11.0. The van der Waals surface area contributed by atoms with E-state index in [0.29, 0.717) is 17.1 Å². The molecule has 17 heavy (non-hydrogen) atoms. The van der Waals surface area contributed by atoms with Crippen LogP contribution in [0.2, 0.25) is 5.02 Å². The molecule has 0 aliphatic heterocycles. The van der Waals surface area contributed by atoms with E-state index in [2.05, 4.69) is 10.3 Å². The normalized spacial score (nSPS) is 12.6. The van der Waals surface area contributed by atoms with E-state index in [4.69, 9.17) is 16.7 Å². The SMILES string of the molecule is CCC(Nc1c(Cl)ccc2scnc12)C(=O)O. The number of anilines is 1. The van der Waals surface area contributed by atoms with E-state index in [1.807, 2.05) is 6.07 Å². The lowest BCUT2D eigenvalue weighted by Crippen LogP contribution is -2.28. The summed E-state index contributed by atoms with van der Waals surface area (Å²) in [4.78, 5) is 15.2. The van der Waals surface area contributed by atoms with E-state index in [9.17, 15) is 4.79 Å². The zero-order valence-corrected chi connectivity index (χ0v) is 10.7. The van der Waals surface area contributed by atoms with Crippen LogP contribution in [-0.2, 0) is 4.79 Å². The van der Waals surface area contributed by atoms with Gasteiger partial charge in [-0.3, -0.25) is 0 Å². The number of fused-ring (bicyclic) bond motifs is 1. The second-order valence-corrected chi connectivity index (χ2v) is 4.86. The van der Waals surface area contributed by atoms with Crippen molar-refractivity contribution in [3.8, 4) is 0 Å². The fourth-order valence-corrected chi connectivity index (χ4v) is 2.45. The molecule has 0 bridgehead atoms. The molecule has 1 aromatic carbocycles. The van der Waals surface area contributed by atoms with Crippen molar-refractivity contribution in [1.82, 2.24) is 4.98 Å². The highest BCUT2D eigenvalue weighted by atomic mass is 35.5. The van der Waals surface area contributed by atoms with Crippen molar-refractivity contribution in [2.75, 3.05) is 5.32 Å². The maximum absolute atomic E-state index is 11.0. The van der Waals surface area contributed by atoms with Gasteiger partial charge in [0.15, 0.2) is 0 Å². The first-order valence-corrected chi connectivity index (χ1v) is 6.40. The molecule has 1 atom stereocenters. The Kier molecular flexibility index (Phi) is 3.49. The molecule has 2 aromatic rings. The number of carbonyl (C=O) groups is 1. The standard InChI is InChI=1S/C11H11ClN2O2S/c1-2-7(11(15)16)14-9-6(12)3-4-8-10(9)13-5-17-8/h3-5,7,14H,2H2,1H3,(H,15,16). The fraction of sp³-hybridized carbons (Fsp3) is 0.273. The van der Waals surface area contributed by atoms with E-state index in [1.165, 1.54) is 11.3 Å². The first-order valence-electron chi connectivity index (χ1n) is 5.14. The van der Waals surface area contributed by atoms with Crippen molar-refractivity contribution in [2.24, 2.45) is 0 Å². The van der Waals surface area contributed by atoms with Gasteiger partial charge in [0, 0.05) is 0 Å². The third-order valence-electron chi connectivity index (χ3n) is 2.48. The van der Waals surface area contributed by atoms with Crippen LogP contribution in [0.15, 0.2) is 17.6 Å². The van der Waals surface area contributed by atoms with Gasteiger partial charge in [-0.2, -0.15) is 0 Å². The highest BCUT2D eigenvalue weighted by Gasteiger charge is 2.18. The average Bonchev–Trinajstić information content (AvgIpc) is 2.75. The second-order valence-electron chi connectivity index (χ2n) is 3.56. The van der Waals surface area contributed by atoms with Gasteiger partial charge < -0.3 is 10.4 Å². The number of thiazole rings is 1. The van der Waals surface area contributed by atoms with E-state index in [-0.39, 0.29) is 0 Å². The highest BCUT2D eigenvalue weighted by molar-refractivity contribution is 7.16. The molecule has 0 aliphatic carbocycles. The average molecular weight is 271 g/mol. The number of benzene rings is 1. The minimum absolute atomic E-state index is 0.478. The van der Waals surface area contributed by atoms with Gasteiger partial charge in [0.2, 0.25) is 0 Å². The maximum Gasteiger partial charge on any atom is 0.326 e. The van der Waals surface area contributed by atoms with Gasteiger partial charge in [0.1, 0.15) is 11.6 Å². The van der Waals surface area contributed by atoms with Gasteiger partial charge in [0.25, 0.3) is 0 Å². The molecular formula is C11H11ClN2O2S. The van der Waals surface area contributed by atoms with Crippen molar-refractivity contribution < 1.29 is 9.90 Å². The summed E-state index contributed by atoms with van der Waals surface area (Å²) in [5.74, 6) is -0.893. The van der Waals surface area contributed by atoms with Gasteiger partial charge in [-0.1, -0.05) is 18.5 Å². The third-order valence-corrected chi connectivity index (χ3v) is 3.59. The first-order chi connectivity index (χ1) is 8.13. The monoisotopic (exact) mass is 270 g/mol. The molecule has 0 radical (unpaired) electrons. The third kappa shape index (κ3) is 2.35. The van der Waals surface area contributed by atoms with Crippen LogP contribution in [0.25, 0.3) is 10.2 Å². The number of rotatable bonds is 4. The Labute approximate surface area is 107 Å². The predicted octanol–water partition coefficient (Wildman–Crippen LogP) is 3.22. The molecule has 90 valence electrons. The van der Waals surface area contributed by atoms with Crippen LogP contribution in [-0.4, -0.2) is 22.1 Å². The van der Waals surface area contributed by atoms with Crippen LogP contribution in [0, 0.1) is 0 Å². The lowest BCUT2D eigenvalue weighted by atomic mass is 10.2. The van der Waals surface area contributed by atoms with E-state index in [1.54, 1.807) is 18.5 Å². The predicted molar refractivity (Wildman–Crippen MR) is 70.0 cm³/mol. The molecule has 1 aromatic heterocycles.